The molecule has 1 saturated heterocycles. The van der Waals surface area contributed by atoms with E-state index in [4.69, 9.17) is 4.74 Å². The van der Waals surface area contributed by atoms with E-state index in [1.807, 2.05) is 11.4 Å². The summed E-state index contributed by atoms with van der Waals surface area (Å²) in [6.45, 7) is 3.03. The van der Waals surface area contributed by atoms with E-state index in [0.717, 1.165) is 25.9 Å². The van der Waals surface area contributed by atoms with Crippen LogP contribution in [-0.4, -0.2) is 41.9 Å². The van der Waals surface area contributed by atoms with Gasteiger partial charge in [-0.05, 0) is 55.5 Å². The molecule has 1 aromatic carbocycles. The lowest BCUT2D eigenvalue weighted by Gasteiger charge is -2.20. The fourth-order valence-electron chi connectivity index (χ4n) is 2.76. The quantitative estimate of drug-likeness (QED) is 0.818. The molecule has 7 heteroatoms. The second-order valence-electron chi connectivity index (χ2n) is 6.09. The Morgan fingerprint density at radius 1 is 1.12 bits per heavy atom. The van der Waals surface area contributed by atoms with Gasteiger partial charge in [-0.15, -0.1) is 11.3 Å². The second kappa shape index (κ2) is 8.14. The Balaban J connectivity index is 1.56. The fraction of sp³-hybridized carbons (Fsp3) is 0.316. The maximum atomic E-state index is 12.2. The third-order valence-corrected chi connectivity index (χ3v) is 5.04. The molecule has 0 unspecified atom stereocenters. The largest absolute Gasteiger partial charge is 0.449 e. The van der Waals surface area contributed by atoms with Gasteiger partial charge in [0.05, 0.1) is 10.4 Å². The number of thiophene rings is 1. The molecule has 136 valence electrons. The van der Waals surface area contributed by atoms with Gasteiger partial charge in [0.15, 0.2) is 6.10 Å². The molecule has 0 spiro atoms. The van der Waals surface area contributed by atoms with E-state index in [2.05, 4.69) is 5.32 Å². The number of rotatable bonds is 5. The van der Waals surface area contributed by atoms with Crippen molar-refractivity contribution in [3.8, 4) is 0 Å². The number of nitrogens with one attached hydrogen (secondary N) is 1. The van der Waals surface area contributed by atoms with Crippen molar-refractivity contribution in [3.63, 3.8) is 0 Å². The number of carbonyl (C=O) groups excluding carboxylic acids is 3. The summed E-state index contributed by atoms with van der Waals surface area (Å²) in [5.41, 5.74) is 0.918. The van der Waals surface area contributed by atoms with E-state index >= 15 is 0 Å². The summed E-state index contributed by atoms with van der Waals surface area (Å²) in [5, 5.41) is 4.60. The first kappa shape index (κ1) is 18.1. The molecule has 26 heavy (non-hydrogen) atoms. The van der Waals surface area contributed by atoms with Crippen molar-refractivity contribution >= 4 is 34.8 Å². The van der Waals surface area contributed by atoms with Gasteiger partial charge in [0, 0.05) is 18.8 Å². The van der Waals surface area contributed by atoms with Gasteiger partial charge < -0.3 is 15.0 Å². The Labute approximate surface area is 155 Å². The van der Waals surface area contributed by atoms with Crippen LogP contribution in [0.1, 0.15) is 39.8 Å². The number of nitrogens with zero attached hydrogens (tertiary/aromatic N) is 1. The third-order valence-electron chi connectivity index (χ3n) is 4.17. The topological polar surface area (TPSA) is 75.7 Å². The molecule has 0 radical (unpaired) electrons. The summed E-state index contributed by atoms with van der Waals surface area (Å²) in [5.74, 6) is -0.906. The van der Waals surface area contributed by atoms with Crippen LogP contribution in [0.3, 0.4) is 0 Å². The number of benzene rings is 1. The molecule has 2 amide bonds. The Morgan fingerprint density at radius 3 is 2.42 bits per heavy atom. The van der Waals surface area contributed by atoms with Crippen molar-refractivity contribution < 1.29 is 19.1 Å². The van der Waals surface area contributed by atoms with Crippen LogP contribution >= 0.6 is 11.3 Å². The summed E-state index contributed by atoms with van der Waals surface area (Å²) >= 11 is 1.36. The summed E-state index contributed by atoms with van der Waals surface area (Å²) in [6.07, 6.45) is 1.18. The van der Waals surface area contributed by atoms with Crippen molar-refractivity contribution in [2.45, 2.75) is 25.9 Å². The number of hydrogen-bond acceptors (Lipinski definition) is 5. The molecule has 3 rings (SSSR count). The SMILES string of the molecule is C[C@H](OC(=O)c1ccc(NC(=O)c2cccs2)cc1)C(=O)N1CCCC1. The lowest BCUT2D eigenvalue weighted by molar-refractivity contribution is -0.138. The number of amides is 2. The van der Waals surface area contributed by atoms with Gasteiger partial charge >= 0.3 is 5.97 Å². The van der Waals surface area contributed by atoms with Gasteiger partial charge in [-0.1, -0.05) is 6.07 Å². The van der Waals surface area contributed by atoms with Crippen LogP contribution in [0.15, 0.2) is 41.8 Å². The van der Waals surface area contributed by atoms with Crippen LogP contribution in [0.25, 0.3) is 0 Å². The summed E-state index contributed by atoms with van der Waals surface area (Å²) < 4.78 is 5.27. The first-order valence-electron chi connectivity index (χ1n) is 8.49. The summed E-state index contributed by atoms with van der Waals surface area (Å²) in [4.78, 5) is 38.8. The van der Waals surface area contributed by atoms with E-state index in [-0.39, 0.29) is 11.8 Å². The predicted molar refractivity (Wildman–Crippen MR) is 99.4 cm³/mol. The predicted octanol–water partition coefficient (Wildman–Crippen LogP) is 3.17. The molecular weight excluding hydrogens is 352 g/mol. The Hall–Kier alpha value is -2.67. The Kier molecular flexibility index (Phi) is 5.68. The van der Waals surface area contributed by atoms with Gasteiger partial charge in [0.1, 0.15) is 0 Å². The van der Waals surface area contributed by atoms with Crippen molar-refractivity contribution in [1.82, 2.24) is 4.90 Å². The highest BCUT2D eigenvalue weighted by atomic mass is 32.1. The number of likely N-dealkylation sites (tertiary alicyclic amines) is 1. The van der Waals surface area contributed by atoms with Crippen LogP contribution in [0.2, 0.25) is 0 Å². The van der Waals surface area contributed by atoms with E-state index in [0.29, 0.717) is 16.1 Å². The molecule has 0 saturated carbocycles. The highest BCUT2D eigenvalue weighted by Gasteiger charge is 2.26. The molecular formula is C19H20N2O4S. The molecule has 1 N–H and O–H groups in total. The minimum atomic E-state index is -0.807. The normalized spacial score (nSPS) is 14.7. The van der Waals surface area contributed by atoms with E-state index in [1.165, 1.54) is 11.3 Å². The van der Waals surface area contributed by atoms with Gasteiger partial charge in [0.25, 0.3) is 11.8 Å². The highest BCUT2D eigenvalue weighted by Crippen LogP contribution is 2.16. The monoisotopic (exact) mass is 372 g/mol. The highest BCUT2D eigenvalue weighted by molar-refractivity contribution is 7.12. The standard InChI is InChI=1S/C19H20N2O4S/c1-13(18(23)21-10-2-3-11-21)25-19(24)14-6-8-15(9-7-14)20-17(22)16-5-4-12-26-16/h4-9,12-13H,2-3,10-11H2,1H3,(H,20,22)/t13-/m0/s1. The average molecular weight is 372 g/mol. The lowest BCUT2D eigenvalue weighted by atomic mass is 10.2. The fourth-order valence-corrected chi connectivity index (χ4v) is 3.38. The minimum Gasteiger partial charge on any atom is -0.449 e. The molecule has 0 aliphatic carbocycles. The molecule has 1 fully saturated rings. The van der Waals surface area contributed by atoms with Crippen molar-refractivity contribution in [3.05, 3.63) is 52.2 Å². The molecule has 2 aromatic rings. The van der Waals surface area contributed by atoms with E-state index in [9.17, 15) is 14.4 Å². The molecule has 2 heterocycles. The van der Waals surface area contributed by atoms with Crippen molar-refractivity contribution in [1.29, 1.82) is 0 Å². The zero-order valence-electron chi connectivity index (χ0n) is 14.4. The molecule has 1 aromatic heterocycles. The average Bonchev–Trinajstić information content (AvgIpc) is 3.35. The molecule has 6 nitrogen and oxygen atoms in total. The molecule has 1 aliphatic heterocycles. The van der Waals surface area contributed by atoms with Crippen LogP contribution in [0.4, 0.5) is 5.69 Å². The smallest absolute Gasteiger partial charge is 0.338 e. The molecule has 1 aliphatic rings. The van der Waals surface area contributed by atoms with Gasteiger partial charge in [0.2, 0.25) is 0 Å². The van der Waals surface area contributed by atoms with Gasteiger partial charge in [-0.3, -0.25) is 9.59 Å². The number of ether oxygens (including phenoxy) is 1. The number of hydrogen-bond donors (Lipinski definition) is 1. The third kappa shape index (κ3) is 4.29. The second-order valence-corrected chi connectivity index (χ2v) is 7.04. The van der Waals surface area contributed by atoms with Crippen LogP contribution < -0.4 is 5.32 Å². The molecule has 1 atom stereocenters. The van der Waals surface area contributed by atoms with Gasteiger partial charge in [-0.25, -0.2) is 4.79 Å². The minimum absolute atomic E-state index is 0.157. The van der Waals surface area contributed by atoms with Crippen molar-refractivity contribution in [2.75, 3.05) is 18.4 Å². The first-order valence-corrected chi connectivity index (χ1v) is 9.37. The van der Waals surface area contributed by atoms with Crippen LogP contribution in [-0.2, 0) is 9.53 Å². The number of esters is 1. The van der Waals surface area contributed by atoms with Crippen LogP contribution in [0.5, 0.6) is 0 Å². The van der Waals surface area contributed by atoms with E-state index in [1.54, 1.807) is 42.2 Å². The Morgan fingerprint density at radius 2 is 1.81 bits per heavy atom. The molecule has 0 bridgehead atoms. The maximum absolute atomic E-state index is 12.2. The van der Waals surface area contributed by atoms with Crippen LogP contribution in [0, 0.1) is 0 Å². The Bertz CT molecular complexity index is 780. The van der Waals surface area contributed by atoms with Crippen molar-refractivity contribution in [2.24, 2.45) is 0 Å². The zero-order chi connectivity index (χ0) is 18.5. The maximum Gasteiger partial charge on any atom is 0.338 e. The number of anilines is 1. The van der Waals surface area contributed by atoms with E-state index < -0.39 is 12.1 Å². The zero-order valence-corrected chi connectivity index (χ0v) is 15.3. The summed E-state index contributed by atoms with van der Waals surface area (Å²) in [7, 11) is 0. The summed E-state index contributed by atoms with van der Waals surface area (Å²) in [6, 6.07) is 9.96. The van der Waals surface area contributed by atoms with Gasteiger partial charge in [-0.2, -0.15) is 0 Å². The first-order chi connectivity index (χ1) is 12.5. The number of carbonyl (C=O) groups is 3. The lowest BCUT2D eigenvalue weighted by Crippen LogP contribution is -2.38.